The average Bonchev–Trinajstić information content (AvgIpc) is 1.99. The average molecular weight is 184 g/mol. The van der Waals surface area contributed by atoms with Crippen molar-refractivity contribution >= 4 is 11.8 Å². The van der Waals surface area contributed by atoms with Crippen LogP contribution in [0.5, 0.6) is 0 Å². The van der Waals surface area contributed by atoms with Crippen molar-refractivity contribution in [2.45, 2.75) is 19.6 Å². The molecule has 4 heteroatoms. The van der Waals surface area contributed by atoms with Gasteiger partial charge in [-0.3, -0.25) is 4.79 Å². The third kappa shape index (κ3) is 2.70. The van der Waals surface area contributed by atoms with Crippen molar-refractivity contribution in [3.8, 4) is 0 Å². The molecule has 0 unspecified atom stereocenters. The number of aryl methyl sites for hydroxylation is 1. The quantitative estimate of drug-likeness (QED) is 0.771. The maximum absolute atomic E-state index is 11.0. The topological polar surface area (TPSA) is 45.8 Å². The fraction of sp³-hybridized carbons (Fsp3) is 0.500. The second-order valence-electron chi connectivity index (χ2n) is 2.47. The lowest BCUT2D eigenvalue weighted by Crippen LogP contribution is -2.10. The van der Waals surface area contributed by atoms with Crippen LogP contribution in [0.1, 0.15) is 18.4 Å². The highest BCUT2D eigenvalue weighted by atomic mass is 32.2. The first-order valence-electron chi connectivity index (χ1n) is 3.87. The molecule has 1 aromatic rings. The molecule has 0 radical (unpaired) electrons. The van der Waals surface area contributed by atoms with Gasteiger partial charge in [0.05, 0.1) is 5.75 Å². The number of H-pyrrole nitrogens is 1. The first-order chi connectivity index (χ1) is 5.72. The molecule has 0 atom stereocenters. The third-order valence-electron chi connectivity index (χ3n) is 1.36. The van der Waals surface area contributed by atoms with E-state index in [1.165, 1.54) is 6.07 Å². The zero-order chi connectivity index (χ0) is 8.97. The largest absolute Gasteiger partial charge is 0.310 e. The van der Waals surface area contributed by atoms with Gasteiger partial charge < -0.3 is 4.98 Å². The highest BCUT2D eigenvalue weighted by Crippen LogP contribution is 2.05. The second-order valence-corrected chi connectivity index (χ2v) is 3.74. The number of nitrogens with one attached hydrogen (secondary N) is 1. The highest BCUT2D eigenvalue weighted by molar-refractivity contribution is 7.98. The van der Waals surface area contributed by atoms with Crippen LogP contribution >= 0.6 is 11.8 Å². The van der Waals surface area contributed by atoms with Gasteiger partial charge in [-0.05, 0) is 12.7 Å². The van der Waals surface area contributed by atoms with Gasteiger partial charge in [0.2, 0.25) is 0 Å². The van der Waals surface area contributed by atoms with Gasteiger partial charge in [-0.2, -0.15) is 11.8 Å². The SMILES string of the molecule is CCSCc1nc(C)cc(=O)[nH]1. The van der Waals surface area contributed by atoms with Crippen LogP contribution in [0.25, 0.3) is 0 Å². The number of aromatic nitrogens is 2. The van der Waals surface area contributed by atoms with Gasteiger partial charge in [-0.1, -0.05) is 6.92 Å². The predicted octanol–water partition coefficient (Wildman–Crippen LogP) is 1.33. The Balaban J connectivity index is 2.79. The zero-order valence-electron chi connectivity index (χ0n) is 7.26. The van der Waals surface area contributed by atoms with Crippen LogP contribution in [0.2, 0.25) is 0 Å². The summed E-state index contributed by atoms with van der Waals surface area (Å²) in [6.45, 7) is 3.91. The summed E-state index contributed by atoms with van der Waals surface area (Å²) in [7, 11) is 0. The molecule has 0 aromatic carbocycles. The molecule has 1 aromatic heterocycles. The van der Waals surface area contributed by atoms with Gasteiger partial charge in [0.25, 0.3) is 5.56 Å². The summed E-state index contributed by atoms with van der Waals surface area (Å²) in [5, 5.41) is 0. The third-order valence-corrected chi connectivity index (χ3v) is 2.25. The summed E-state index contributed by atoms with van der Waals surface area (Å²) in [5.74, 6) is 2.59. The molecule has 0 bridgehead atoms. The van der Waals surface area contributed by atoms with E-state index in [0.29, 0.717) is 0 Å². The Hall–Kier alpha value is -0.770. The van der Waals surface area contributed by atoms with Crippen molar-refractivity contribution < 1.29 is 0 Å². The monoisotopic (exact) mass is 184 g/mol. The van der Waals surface area contributed by atoms with E-state index in [4.69, 9.17) is 0 Å². The van der Waals surface area contributed by atoms with E-state index in [2.05, 4.69) is 16.9 Å². The Kier molecular flexibility index (Phi) is 3.34. The molecule has 1 heterocycles. The van der Waals surface area contributed by atoms with Gasteiger partial charge in [-0.15, -0.1) is 0 Å². The standard InChI is InChI=1S/C8H12N2OS/c1-3-12-5-7-9-6(2)4-8(11)10-7/h4H,3,5H2,1-2H3,(H,9,10,11). The number of nitrogens with zero attached hydrogens (tertiary/aromatic N) is 1. The lowest BCUT2D eigenvalue weighted by molar-refractivity contribution is 0.968. The summed E-state index contributed by atoms with van der Waals surface area (Å²) in [6.07, 6.45) is 0. The first-order valence-corrected chi connectivity index (χ1v) is 5.02. The van der Waals surface area contributed by atoms with Crippen LogP contribution in [0.15, 0.2) is 10.9 Å². The van der Waals surface area contributed by atoms with E-state index in [-0.39, 0.29) is 5.56 Å². The molecular weight excluding hydrogens is 172 g/mol. The van der Waals surface area contributed by atoms with Crippen molar-refractivity contribution in [1.82, 2.24) is 9.97 Å². The molecular formula is C8H12N2OS. The van der Waals surface area contributed by atoms with E-state index in [1.807, 2.05) is 6.92 Å². The van der Waals surface area contributed by atoms with Crippen LogP contribution < -0.4 is 5.56 Å². The molecule has 0 saturated carbocycles. The van der Waals surface area contributed by atoms with Gasteiger partial charge in [0.15, 0.2) is 0 Å². The smallest absolute Gasteiger partial charge is 0.251 e. The number of hydrogen-bond donors (Lipinski definition) is 1. The van der Waals surface area contributed by atoms with Crippen LogP contribution in [0.3, 0.4) is 0 Å². The summed E-state index contributed by atoms with van der Waals surface area (Å²) >= 11 is 1.75. The molecule has 0 aliphatic heterocycles. The van der Waals surface area contributed by atoms with E-state index < -0.39 is 0 Å². The Morgan fingerprint density at radius 3 is 3.00 bits per heavy atom. The minimum atomic E-state index is -0.0609. The Bertz CT molecular complexity index is 308. The summed E-state index contributed by atoms with van der Waals surface area (Å²) < 4.78 is 0. The lowest BCUT2D eigenvalue weighted by atomic mass is 10.4. The van der Waals surface area contributed by atoms with Gasteiger partial charge >= 0.3 is 0 Å². The Labute approximate surface area is 75.6 Å². The molecule has 12 heavy (non-hydrogen) atoms. The minimum Gasteiger partial charge on any atom is -0.310 e. The Morgan fingerprint density at radius 1 is 1.67 bits per heavy atom. The first kappa shape index (κ1) is 9.32. The van der Waals surface area contributed by atoms with Gasteiger partial charge in [-0.25, -0.2) is 4.98 Å². The maximum Gasteiger partial charge on any atom is 0.251 e. The van der Waals surface area contributed by atoms with E-state index >= 15 is 0 Å². The van der Waals surface area contributed by atoms with Crippen molar-refractivity contribution in [2.24, 2.45) is 0 Å². The fourth-order valence-electron chi connectivity index (χ4n) is 0.908. The molecule has 1 rings (SSSR count). The fourth-order valence-corrected chi connectivity index (χ4v) is 1.44. The molecule has 0 fully saturated rings. The Morgan fingerprint density at radius 2 is 2.42 bits per heavy atom. The number of hydrogen-bond acceptors (Lipinski definition) is 3. The van der Waals surface area contributed by atoms with E-state index in [1.54, 1.807) is 11.8 Å². The molecule has 0 amide bonds. The summed E-state index contributed by atoms with van der Waals surface area (Å²) in [4.78, 5) is 17.9. The molecule has 66 valence electrons. The van der Waals surface area contributed by atoms with Crippen molar-refractivity contribution in [3.63, 3.8) is 0 Å². The highest BCUT2D eigenvalue weighted by Gasteiger charge is 1.96. The van der Waals surface area contributed by atoms with Gasteiger partial charge in [0.1, 0.15) is 5.82 Å². The van der Waals surface area contributed by atoms with Crippen LogP contribution in [-0.4, -0.2) is 15.7 Å². The van der Waals surface area contributed by atoms with Crippen molar-refractivity contribution in [2.75, 3.05) is 5.75 Å². The number of aromatic amines is 1. The maximum atomic E-state index is 11.0. The molecule has 1 N–H and O–H groups in total. The lowest BCUT2D eigenvalue weighted by Gasteiger charge is -1.98. The normalized spacial score (nSPS) is 10.2. The van der Waals surface area contributed by atoms with Crippen LogP contribution in [0, 0.1) is 6.92 Å². The zero-order valence-corrected chi connectivity index (χ0v) is 8.07. The van der Waals surface area contributed by atoms with Crippen molar-refractivity contribution in [1.29, 1.82) is 0 Å². The van der Waals surface area contributed by atoms with E-state index in [9.17, 15) is 4.79 Å². The molecule has 0 aliphatic rings. The second kappa shape index (κ2) is 4.30. The van der Waals surface area contributed by atoms with E-state index in [0.717, 1.165) is 23.0 Å². The number of thioether (sulfide) groups is 1. The summed E-state index contributed by atoms with van der Waals surface area (Å²) in [5.41, 5.74) is 0.722. The molecule has 3 nitrogen and oxygen atoms in total. The summed E-state index contributed by atoms with van der Waals surface area (Å²) in [6, 6.07) is 1.50. The van der Waals surface area contributed by atoms with Crippen LogP contribution in [0.4, 0.5) is 0 Å². The molecule has 0 spiro atoms. The minimum absolute atomic E-state index is 0.0609. The number of rotatable bonds is 3. The van der Waals surface area contributed by atoms with Crippen molar-refractivity contribution in [3.05, 3.63) is 27.9 Å². The molecule has 0 saturated heterocycles. The predicted molar refractivity (Wildman–Crippen MR) is 51.4 cm³/mol. The molecule has 0 aliphatic carbocycles. The van der Waals surface area contributed by atoms with Gasteiger partial charge in [0, 0.05) is 11.8 Å². The van der Waals surface area contributed by atoms with Crippen LogP contribution in [-0.2, 0) is 5.75 Å².